The van der Waals surface area contributed by atoms with Gasteiger partial charge in [-0.3, -0.25) is 4.79 Å². The van der Waals surface area contributed by atoms with E-state index >= 15 is 0 Å². The summed E-state index contributed by atoms with van der Waals surface area (Å²) in [4.78, 5) is 11.9. The number of unbranched alkanes of at least 4 members (excludes halogenated alkanes) is 1. The van der Waals surface area contributed by atoms with Crippen molar-refractivity contribution in [2.24, 2.45) is 46.8 Å². The number of ketones is 1. The number of allylic oxidation sites excluding steroid dienone is 1. The fourth-order valence-electron chi connectivity index (χ4n) is 8.67. The van der Waals surface area contributed by atoms with Gasteiger partial charge in [-0.15, -0.1) is 0 Å². The molecule has 5 aliphatic rings. The van der Waals surface area contributed by atoms with Gasteiger partial charge < -0.3 is 0 Å². The summed E-state index contributed by atoms with van der Waals surface area (Å²) in [5.74, 6) is 7.38. The van der Waals surface area contributed by atoms with Gasteiger partial charge in [0.15, 0.2) is 5.78 Å². The summed E-state index contributed by atoms with van der Waals surface area (Å²) < 4.78 is 0. The van der Waals surface area contributed by atoms with E-state index in [0.717, 1.165) is 47.8 Å². The summed E-state index contributed by atoms with van der Waals surface area (Å²) in [5, 5.41) is 0. The lowest BCUT2D eigenvalue weighted by Gasteiger charge is -2.56. The Morgan fingerprint density at radius 2 is 1.92 bits per heavy atom. The molecule has 138 valence electrons. The summed E-state index contributed by atoms with van der Waals surface area (Å²) in [6.07, 6.45) is 17.0. The molecule has 1 heteroatoms. The van der Waals surface area contributed by atoms with Crippen LogP contribution in [-0.2, 0) is 4.79 Å². The third kappa shape index (κ3) is 2.29. The molecule has 5 aliphatic carbocycles. The fraction of sp³-hybridized carbons (Fsp3) is 0.875. The second-order valence-corrected chi connectivity index (χ2v) is 10.2. The first kappa shape index (κ1) is 16.6. The van der Waals surface area contributed by atoms with Crippen LogP contribution in [0, 0.1) is 46.8 Å². The van der Waals surface area contributed by atoms with Crippen LogP contribution in [0.3, 0.4) is 0 Å². The van der Waals surface area contributed by atoms with Crippen LogP contribution >= 0.6 is 0 Å². The van der Waals surface area contributed by atoms with E-state index in [1.165, 1.54) is 57.8 Å². The zero-order valence-electron chi connectivity index (χ0n) is 16.3. The summed E-state index contributed by atoms with van der Waals surface area (Å²) in [6.45, 7) is 4.89. The summed E-state index contributed by atoms with van der Waals surface area (Å²) in [5.41, 5.74) is 2.25. The molecular weight excluding hydrogens is 304 g/mol. The average Bonchev–Trinajstić information content (AvgIpc) is 3.35. The summed E-state index contributed by atoms with van der Waals surface area (Å²) in [6, 6.07) is 0. The number of fused-ring (bicyclic) bond motifs is 7. The predicted octanol–water partition coefficient (Wildman–Crippen LogP) is 6.18. The van der Waals surface area contributed by atoms with E-state index < -0.39 is 0 Å². The fourth-order valence-corrected chi connectivity index (χ4v) is 8.67. The SMILES string of the molecule is CCCCC1C2CC2C2C3CCC4=CC(=O)CCC4C3CCC12CC. The molecule has 8 atom stereocenters. The smallest absolute Gasteiger partial charge is 0.155 e. The third-order valence-electron chi connectivity index (χ3n) is 9.56. The van der Waals surface area contributed by atoms with Crippen molar-refractivity contribution in [2.75, 3.05) is 0 Å². The minimum Gasteiger partial charge on any atom is -0.295 e. The molecule has 0 bridgehead atoms. The Kier molecular flexibility index (Phi) is 3.95. The molecule has 0 aromatic carbocycles. The molecule has 0 spiro atoms. The number of rotatable bonds is 4. The van der Waals surface area contributed by atoms with Crippen LogP contribution in [-0.4, -0.2) is 5.78 Å². The van der Waals surface area contributed by atoms with Gasteiger partial charge in [-0.2, -0.15) is 0 Å². The van der Waals surface area contributed by atoms with E-state index in [2.05, 4.69) is 19.9 Å². The van der Waals surface area contributed by atoms with Crippen LogP contribution in [0.25, 0.3) is 0 Å². The molecule has 4 fully saturated rings. The Morgan fingerprint density at radius 3 is 2.72 bits per heavy atom. The van der Waals surface area contributed by atoms with Crippen LogP contribution in [0.15, 0.2) is 11.6 Å². The van der Waals surface area contributed by atoms with Crippen molar-refractivity contribution >= 4 is 5.78 Å². The molecule has 0 saturated heterocycles. The van der Waals surface area contributed by atoms with Crippen molar-refractivity contribution in [1.82, 2.24) is 0 Å². The van der Waals surface area contributed by atoms with E-state index in [1.807, 2.05) is 0 Å². The first-order valence-corrected chi connectivity index (χ1v) is 11.4. The van der Waals surface area contributed by atoms with Crippen molar-refractivity contribution in [3.05, 3.63) is 11.6 Å². The van der Waals surface area contributed by atoms with Crippen molar-refractivity contribution in [1.29, 1.82) is 0 Å². The van der Waals surface area contributed by atoms with E-state index in [4.69, 9.17) is 0 Å². The molecule has 0 aromatic heterocycles. The first-order valence-electron chi connectivity index (χ1n) is 11.4. The lowest BCUT2D eigenvalue weighted by Crippen LogP contribution is -2.49. The number of carbonyl (C=O) groups is 1. The lowest BCUT2D eigenvalue weighted by molar-refractivity contribution is -0.116. The standard InChI is InChI=1S/C24H36O/c1-3-5-6-22-20-14-21(20)23-19-9-7-15-13-16(25)8-10-17(15)18(19)11-12-24(22,23)4-2/h13,17-23H,3-12,14H2,1-2H3. The topological polar surface area (TPSA) is 17.1 Å². The molecule has 0 amide bonds. The third-order valence-corrected chi connectivity index (χ3v) is 9.56. The Bertz CT molecular complexity index is 589. The largest absolute Gasteiger partial charge is 0.295 e. The highest BCUT2D eigenvalue weighted by Crippen LogP contribution is 2.76. The maximum Gasteiger partial charge on any atom is 0.155 e. The van der Waals surface area contributed by atoms with Crippen molar-refractivity contribution in [2.45, 2.75) is 84.5 Å². The number of carbonyl (C=O) groups excluding carboxylic acids is 1. The minimum absolute atomic E-state index is 0.408. The minimum atomic E-state index is 0.408. The average molecular weight is 341 g/mol. The van der Waals surface area contributed by atoms with Crippen molar-refractivity contribution in [3.8, 4) is 0 Å². The van der Waals surface area contributed by atoms with Gasteiger partial charge in [0.05, 0.1) is 0 Å². The second-order valence-electron chi connectivity index (χ2n) is 10.2. The molecule has 1 nitrogen and oxygen atoms in total. The Hall–Kier alpha value is -0.590. The first-order chi connectivity index (χ1) is 12.2. The molecule has 25 heavy (non-hydrogen) atoms. The Morgan fingerprint density at radius 1 is 1.04 bits per heavy atom. The summed E-state index contributed by atoms with van der Waals surface area (Å²) >= 11 is 0. The highest BCUT2D eigenvalue weighted by atomic mass is 16.1. The molecule has 0 heterocycles. The highest BCUT2D eigenvalue weighted by molar-refractivity contribution is 5.91. The Labute approximate surface area is 154 Å². The van der Waals surface area contributed by atoms with Gasteiger partial charge >= 0.3 is 0 Å². The van der Waals surface area contributed by atoms with Crippen molar-refractivity contribution in [3.63, 3.8) is 0 Å². The number of hydrogen-bond donors (Lipinski definition) is 0. The highest BCUT2D eigenvalue weighted by Gasteiger charge is 2.69. The van der Waals surface area contributed by atoms with E-state index in [9.17, 15) is 4.79 Å². The maximum atomic E-state index is 11.9. The zero-order valence-corrected chi connectivity index (χ0v) is 16.3. The molecule has 0 aliphatic heterocycles. The van der Waals surface area contributed by atoms with E-state index in [-0.39, 0.29) is 0 Å². The molecule has 8 unspecified atom stereocenters. The quantitative estimate of drug-likeness (QED) is 0.597. The molecule has 0 N–H and O–H groups in total. The van der Waals surface area contributed by atoms with Crippen LogP contribution in [0.5, 0.6) is 0 Å². The monoisotopic (exact) mass is 340 g/mol. The van der Waals surface area contributed by atoms with Crippen molar-refractivity contribution < 1.29 is 4.79 Å². The Balaban J connectivity index is 1.44. The lowest BCUT2D eigenvalue weighted by atomic mass is 9.48. The van der Waals surface area contributed by atoms with Gasteiger partial charge in [0.2, 0.25) is 0 Å². The predicted molar refractivity (Wildman–Crippen MR) is 102 cm³/mol. The maximum absolute atomic E-state index is 11.9. The van der Waals surface area contributed by atoms with Gasteiger partial charge in [-0.05, 0) is 104 Å². The van der Waals surface area contributed by atoms with Gasteiger partial charge in [-0.1, -0.05) is 32.3 Å². The van der Waals surface area contributed by atoms with Gasteiger partial charge in [0, 0.05) is 6.42 Å². The van der Waals surface area contributed by atoms with E-state index in [1.54, 1.807) is 12.0 Å². The van der Waals surface area contributed by atoms with E-state index in [0.29, 0.717) is 11.2 Å². The van der Waals surface area contributed by atoms with Crippen LogP contribution in [0.2, 0.25) is 0 Å². The molecule has 4 saturated carbocycles. The normalized spacial score (nSPS) is 50.4. The number of hydrogen-bond acceptors (Lipinski definition) is 1. The van der Waals surface area contributed by atoms with Crippen LogP contribution in [0.1, 0.15) is 84.5 Å². The van der Waals surface area contributed by atoms with Gasteiger partial charge in [0.1, 0.15) is 0 Å². The molecule has 5 rings (SSSR count). The van der Waals surface area contributed by atoms with Gasteiger partial charge in [0.25, 0.3) is 0 Å². The molecule has 0 radical (unpaired) electrons. The zero-order chi connectivity index (χ0) is 17.2. The molecular formula is C24H36O. The second kappa shape index (κ2) is 5.96. The van der Waals surface area contributed by atoms with Crippen LogP contribution in [0.4, 0.5) is 0 Å². The van der Waals surface area contributed by atoms with Crippen LogP contribution < -0.4 is 0 Å². The molecule has 0 aromatic rings. The van der Waals surface area contributed by atoms with Gasteiger partial charge in [-0.25, -0.2) is 0 Å². The summed E-state index contributed by atoms with van der Waals surface area (Å²) in [7, 11) is 0.